The molecule has 0 unspecified atom stereocenters. The maximum Gasteiger partial charge on any atom is 0.305 e. The fourth-order valence-electron chi connectivity index (χ4n) is 4.35. The first-order valence-corrected chi connectivity index (χ1v) is 12.7. The van der Waals surface area contributed by atoms with Gasteiger partial charge in [-0.05, 0) is 69.0 Å². The van der Waals surface area contributed by atoms with Gasteiger partial charge >= 0.3 is 5.97 Å². The summed E-state index contributed by atoms with van der Waals surface area (Å²) in [6.07, 6.45) is 6.06. The molecule has 4 heterocycles. The van der Waals surface area contributed by atoms with E-state index >= 15 is 0 Å². The number of aromatic nitrogens is 2. The highest BCUT2D eigenvalue weighted by molar-refractivity contribution is 5.94. The van der Waals surface area contributed by atoms with Crippen LogP contribution in [0, 0.1) is 5.92 Å². The summed E-state index contributed by atoms with van der Waals surface area (Å²) in [4.78, 5) is 33.0. The van der Waals surface area contributed by atoms with Crippen molar-refractivity contribution in [2.24, 2.45) is 5.92 Å². The lowest BCUT2D eigenvalue weighted by atomic mass is 10.1. The largest absolute Gasteiger partial charge is 0.481 e. The summed E-state index contributed by atoms with van der Waals surface area (Å²) < 4.78 is 11.5. The number of ether oxygens (including phenoxy) is 2. The maximum absolute atomic E-state index is 12.3. The topological polar surface area (TPSA) is 126 Å². The van der Waals surface area contributed by atoms with Gasteiger partial charge in [0, 0.05) is 30.6 Å². The van der Waals surface area contributed by atoms with Crippen molar-refractivity contribution in [3.8, 4) is 5.88 Å². The number of rotatable bonds is 6. The molecule has 3 aliphatic rings. The number of carbonyl (C=O) groups is 2. The van der Waals surface area contributed by atoms with Crippen molar-refractivity contribution < 1.29 is 24.2 Å². The molecule has 36 heavy (non-hydrogen) atoms. The van der Waals surface area contributed by atoms with Crippen molar-refractivity contribution in [3.05, 3.63) is 36.2 Å². The van der Waals surface area contributed by atoms with Crippen LogP contribution < -0.4 is 20.3 Å². The minimum atomic E-state index is -0.741. The molecule has 2 aromatic rings. The average molecular weight is 498 g/mol. The van der Waals surface area contributed by atoms with E-state index in [-0.39, 0.29) is 24.0 Å². The number of nitrogens with zero attached hydrogens (tertiary/aromatic N) is 3. The van der Waals surface area contributed by atoms with Crippen LogP contribution >= 0.6 is 0 Å². The number of nitrogens with one attached hydrogen (secondary N) is 2. The minimum Gasteiger partial charge on any atom is -0.481 e. The number of amides is 1. The summed E-state index contributed by atoms with van der Waals surface area (Å²) in [7, 11) is 0. The Kier molecular flexibility index (Phi) is 8.71. The molecular weight excluding hydrogens is 462 g/mol. The summed E-state index contributed by atoms with van der Waals surface area (Å²) in [6.45, 7) is 6.74. The highest BCUT2D eigenvalue weighted by Crippen LogP contribution is 2.36. The summed E-state index contributed by atoms with van der Waals surface area (Å²) in [5.41, 5.74) is 3.12. The number of carboxylic acids is 1. The van der Waals surface area contributed by atoms with Crippen LogP contribution in [0.2, 0.25) is 0 Å². The van der Waals surface area contributed by atoms with Gasteiger partial charge in [0.05, 0.1) is 5.92 Å². The number of carbonyl (C=O) groups excluding carboxylic acids is 1. The summed E-state index contributed by atoms with van der Waals surface area (Å²) in [5.74, 6) is 0.433. The number of piperidine rings is 1. The van der Waals surface area contributed by atoms with Crippen LogP contribution in [0.3, 0.4) is 0 Å². The van der Waals surface area contributed by atoms with Crippen LogP contribution in [0.15, 0.2) is 30.6 Å². The third-order valence-corrected chi connectivity index (χ3v) is 6.44. The predicted molar refractivity (Wildman–Crippen MR) is 136 cm³/mol. The van der Waals surface area contributed by atoms with Gasteiger partial charge in [0.1, 0.15) is 24.4 Å². The number of hydrogen-bond acceptors (Lipinski definition) is 8. The Bertz CT molecular complexity index is 1050. The molecular formula is C26H35N5O5. The summed E-state index contributed by atoms with van der Waals surface area (Å²) in [5, 5.41) is 14.3. The monoisotopic (exact) mass is 497 g/mol. The van der Waals surface area contributed by atoms with Gasteiger partial charge in [-0.25, -0.2) is 9.97 Å². The molecule has 0 spiro atoms. The average Bonchev–Trinajstić information content (AvgIpc) is 3.56. The molecule has 194 valence electrons. The van der Waals surface area contributed by atoms with Crippen LogP contribution in [-0.2, 0) is 20.7 Å². The number of anilines is 3. The SMILES string of the molecule is CC(C)C(=O)O.O=C(Nc1ccc2c(c1)CCN2c1cc(OC2CCNCC2)ncn1)[C@@H]1CCCO1. The van der Waals surface area contributed by atoms with Gasteiger partial charge in [-0.1, -0.05) is 13.8 Å². The van der Waals surface area contributed by atoms with Crippen LogP contribution in [0.5, 0.6) is 5.88 Å². The minimum absolute atomic E-state index is 0.0576. The molecule has 10 nitrogen and oxygen atoms in total. The van der Waals surface area contributed by atoms with Gasteiger partial charge in [-0.2, -0.15) is 0 Å². The quantitative estimate of drug-likeness (QED) is 0.552. The first kappa shape index (κ1) is 25.8. The van der Waals surface area contributed by atoms with Crippen molar-refractivity contribution in [2.45, 2.75) is 58.2 Å². The van der Waals surface area contributed by atoms with E-state index in [0.29, 0.717) is 12.5 Å². The second kappa shape index (κ2) is 12.1. The van der Waals surface area contributed by atoms with Crippen molar-refractivity contribution in [3.63, 3.8) is 0 Å². The van der Waals surface area contributed by atoms with Gasteiger partial charge in [0.25, 0.3) is 5.91 Å². The highest BCUT2D eigenvalue weighted by Gasteiger charge is 2.26. The van der Waals surface area contributed by atoms with Crippen molar-refractivity contribution in [1.82, 2.24) is 15.3 Å². The Hall–Kier alpha value is -3.24. The third kappa shape index (κ3) is 6.70. The van der Waals surface area contributed by atoms with E-state index in [1.54, 1.807) is 20.2 Å². The summed E-state index contributed by atoms with van der Waals surface area (Å²) in [6, 6.07) is 7.96. The molecule has 0 bridgehead atoms. The van der Waals surface area contributed by atoms with E-state index in [1.165, 1.54) is 5.56 Å². The van der Waals surface area contributed by atoms with Gasteiger partial charge in [-0.3, -0.25) is 9.59 Å². The molecule has 2 saturated heterocycles. The lowest BCUT2D eigenvalue weighted by molar-refractivity contribution is -0.140. The van der Waals surface area contributed by atoms with Crippen LogP contribution in [0.4, 0.5) is 17.2 Å². The van der Waals surface area contributed by atoms with Crippen molar-refractivity contribution in [2.75, 3.05) is 36.5 Å². The second-order valence-electron chi connectivity index (χ2n) is 9.51. The number of benzene rings is 1. The van der Waals surface area contributed by atoms with Crippen LogP contribution in [-0.4, -0.2) is 65.4 Å². The zero-order valence-electron chi connectivity index (χ0n) is 20.9. The molecule has 2 fully saturated rings. The number of carboxylic acid groups (broad SMARTS) is 1. The molecule has 0 radical (unpaired) electrons. The van der Waals surface area contributed by atoms with Crippen LogP contribution in [0.25, 0.3) is 0 Å². The number of aliphatic carboxylic acids is 1. The second-order valence-corrected chi connectivity index (χ2v) is 9.51. The Morgan fingerprint density at radius 2 is 1.97 bits per heavy atom. The summed E-state index contributed by atoms with van der Waals surface area (Å²) >= 11 is 0. The van der Waals surface area contributed by atoms with E-state index < -0.39 is 5.97 Å². The number of hydrogen-bond donors (Lipinski definition) is 3. The lowest BCUT2D eigenvalue weighted by Crippen LogP contribution is -2.34. The van der Waals surface area contributed by atoms with Gasteiger partial charge < -0.3 is 30.1 Å². The van der Waals surface area contributed by atoms with Crippen molar-refractivity contribution >= 4 is 29.1 Å². The molecule has 1 atom stereocenters. The van der Waals surface area contributed by atoms with E-state index in [2.05, 4.69) is 31.6 Å². The molecule has 0 saturated carbocycles. The molecule has 10 heteroatoms. The lowest BCUT2D eigenvalue weighted by Gasteiger charge is -2.24. The highest BCUT2D eigenvalue weighted by atomic mass is 16.5. The Balaban J connectivity index is 0.000000455. The van der Waals surface area contributed by atoms with E-state index in [0.717, 1.165) is 68.9 Å². The van der Waals surface area contributed by atoms with Gasteiger partial charge in [0.15, 0.2) is 0 Å². The molecule has 0 aliphatic carbocycles. The maximum atomic E-state index is 12.3. The fourth-order valence-corrected chi connectivity index (χ4v) is 4.35. The van der Waals surface area contributed by atoms with E-state index in [9.17, 15) is 9.59 Å². The molecule has 1 amide bonds. The zero-order chi connectivity index (χ0) is 25.5. The smallest absolute Gasteiger partial charge is 0.305 e. The van der Waals surface area contributed by atoms with Crippen molar-refractivity contribution in [1.29, 1.82) is 0 Å². The molecule has 1 aromatic carbocycles. The third-order valence-electron chi connectivity index (χ3n) is 6.44. The van der Waals surface area contributed by atoms with Gasteiger partial charge in [0.2, 0.25) is 5.88 Å². The first-order valence-electron chi connectivity index (χ1n) is 12.7. The van der Waals surface area contributed by atoms with Gasteiger partial charge in [-0.15, -0.1) is 0 Å². The zero-order valence-corrected chi connectivity index (χ0v) is 20.9. The molecule has 1 aromatic heterocycles. The molecule has 5 rings (SSSR count). The normalized spacial score (nSPS) is 19.4. The van der Waals surface area contributed by atoms with E-state index in [4.69, 9.17) is 14.6 Å². The van der Waals surface area contributed by atoms with Crippen LogP contribution in [0.1, 0.15) is 45.1 Å². The first-order chi connectivity index (χ1) is 17.4. The van der Waals surface area contributed by atoms with E-state index in [1.807, 2.05) is 18.2 Å². The molecule has 3 N–H and O–H groups in total. The predicted octanol–water partition coefficient (Wildman–Crippen LogP) is 3.15. The molecule has 3 aliphatic heterocycles. The Morgan fingerprint density at radius 1 is 1.19 bits per heavy atom. The standard InChI is InChI=1S/C22H27N5O3.C4H8O2/c28-22(19-2-1-11-29-19)26-16-3-4-18-15(12-16)7-10-27(18)20-13-21(25-14-24-20)30-17-5-8-23-9-6-17;1-3(2)4(5)6/h3-4,12-14,17,19,23H,1-2,5-11H2,(H,26,28);3H,1-2H3,(H,5,6)/t19-;/m0./s1. The Labute approximate surface area is 211 Å². The fraction of sp³-hybridized carbons (Fsp3) is 0.538. The Morgan fingerprint density at radius 3 is 2.67 bits per heavy atom. The number of fused-ring (bicyclic) bond motifs is 1.